The number of ether oxygens (including phenoxy) is 1. The van der Waals surface area contributed by atoms with Crippen molar-refractivity contribution in [3.63, 3.8) is 0 Å². The second kappa shape index (κ2) is 7.71. The topological polar surface area (TPSA) is 58.6 Å². The van der Waals surface area contributed by atoms with Crippen molar-refractivity contribution in [3.8, 4) is 5.75 Å². The zero-order valence-electron chi connectivity index (χ0n) is 12.3. The highest BCUT2D eigenvalue weighted by Crippen LogP contribution is 2.22. The van der Waals surface area contributed by atoms with Crippen LogP contribution in [0.25, 0.3) is 0 Å². The number of anilines is 1. The fourth-order valence-electron chi connectivity index (χ4n) is 1.97. The smallest absolute Gasteiger partial charge is 0.337 e. The molecule has 22 heavy (non-hydrogen) atoms. The number of hydrogen-bond acceptors (Lipinski definition) is 3. The average Bonchev–Trinajstić information content (AvgIpc) is 2.51. The van der Waals surface area contributed by atoms with Gasteiger partial charge in [-0.1, -0.05) is 30.7 Å². The quantitative estimate of drug-likeness (QED) is 0.792. The first kappa shape index (κ1) is 16.2. The predicted octanol–water partition coefficient (Wildman–Crippen LogP) is 4.44. The number of benzene rings is 2. The molecule has 2 aromatic carbocycles. The van der Waals surface area contributed by atoms with Crippen LogP contribution in [0.15, 0.2) is 42.5 Å². The Bertz CT molecular complexity index is 658. The molecular weight excluding hydrogens is 302 g/mol. The Morgan fingerprint density at radius 2 is 2.09 bits per heavy atom. The highest BCUT2D eigenvalue weighted by atomic mass is 35.5. The number of halogens is 1. The summed E-state index contributed by atoms with van der Waals surface area (Å²) in [6.07, 6.45) is 0.969. The van der Waals surface area contributed by atoms with Crippen LogP contribution in [0.3, 0.4) is 0 Å². The molecule has 4 nitrogen and oxygen atoms in total. The van der Waals surface area contributed by atoms with Gasteiger partial charge >= 0.3 is 5.97 Å². The van der Waals surface area contributed by atoms with Gasteiger partial charge in [-0.3, -0.25) is 0 Å². The van der Waals surface area contributed by atoms with E-state index in [9.17, 15) is 4.79 Å². The van der Waals surface area contributed by atoms with Crippen LogP contribution in [-0.4, -0.2) is 17.7 Å². The van der Waals surface area contributed by atoms with Crippen LogP contribution in [0.5, 0.6) is 5.75 Å². The molecule has 0 heterocycles. The summed E-state index contributed by atoms with van der Waals surface area (Å²) < 4.78 is 5.59. The first-order valence-corrected chi connectivity index (χ1v) is 7.46. The van der Waals surface area contributed by atoms with Gasteiger partial charge in [0.05, 0.1) is 17.2 Å². The van der Waals surface area contributed by atoms with E-state index in [2.05, 4.69) is 12.2 Å². The highest BCUT2D eigenvalue weighted by molar-refractivity contribution is 6.33. The van der Waals surface area contributed by atoms with Gasteiger partial charge < -0.3 is 15.2 Å². The van der Waals surface area contributed by atoms with Crippen LogP contribution in [0.1, 0.15) is 29.3 Å². The van der Waals surface area contributed by atoms with E-state index in [0.29, 0.717) is 13.2 Å². The molecule has 0 spiro atoms. The molecule has 2 aromatic rings. The normalized spacial score (nSPS) is 10.3. The van der Waals surface area contributed by atoms with Crippen LogP contribution >= 0.6 is 11.6 Å². The lowest BCUT2D eigenvalue weighted by molar-refractivity contribution is 0.0697. The van der Waals surface area contributed by atoms with Gasteiger partial charge in [-0.15, -0.1) is 0 Å². The van der Waals surface area contributed by atoms with E-state index < -0.39 is 5.97 Å². The average molecular weight is 320 g/mol. The molecule has 0 bridgehead atoms. The third-order valence-corrected chi connectivity index (χ3v) is 3.38. The Morgan fingerprint density at radius 3 is 2.77 bits per heavy atom. The third kappa shape index (κ3) is 4.40. The molecule has 0 aliphatic rings. The summed E-state index contributed by atoms with van der Waals surface area (Å²) in [7, 11) is 0. The monoisotopic (exact) mass is 319 g/mol. The first-order chi connectivity index (χ1) is 10.6. The molecule has 0 saturated carbocycles. The second-order valence-corrected chi connectivity index (χ2v) is 5.26. The second-order valence-electron chi connectivity index (χ2n) is 4.85. The summed E-state index contributed by atoms with van der Waals surface area (Å²) >= 11 is 5.95. The highest BCUT2D eigenvalue weighted by Gasteiger charge is 2.08. The van der Waals surface area contributed by atoms with Gasteiger partial charge in [-0.05, 0) is 42.3 Å². The largest absolute Gasteiger partial charge is 0.494 e. The molecule has 0 atom stereocenters. The molecule has 0 saturated heterocycles. The summed E-state index contributed by atoms with van der Waals surface area (Å²) in [6, 6.07) is 12.7. The van der Waals surface area contributed by atoms with Gasteiger partial charge in [0.1, 0.15) is 5.75 Å². The first-order valence-electron chi connectivity index (χ1n) is 7.08. The van der Waals surface area contributed by atoms with Crippen molar-refractivity contribution in [3.05, 3.63) is 58.6 Å². The molecular formula is C17H18ClNO3. The molecule has 0 radical (unpaired) electrons. The van der Waals surface area contributed by atoms with Gasteiger partial charge in [0.15, 0.2) is 0 Å². The minimum Gasteiger partial charge on any atom is -0.494 e. The molecule has 0 aliphatic heterocycles. The van der Waals surface area contributed by atoms with Gasteiger partial charge in [-0.25, -0.2) is 4.79 Å². The van der Waals surface area contributed by atoms with Gasteiger partial charge in [-0.2, -0.15) is 0 Å². The van der Waals surface area contributed by atoms with Gasteiger partial charge in [0, 0.05) is 12.2 Å². The van der Waals surface area contributed by atoms with Crippen molar-refractivity contribution in [2.24, 2.45) is 0 Å². The predicted molar refractivity (Wildman–Crippen MR) is 88.0 cm³/mol. The van der Waals surface area contributed by atoms with Crippen molar-refractivity contribution in [1.29, 1.82) is 0 Å². The van der Waals surface area contributed by atoms with E-state index in [-0.39, 0.29) is 10.6 Å². The number of aromatic carboxylic acids is 1. The Kier molecular flexibility index (Phi) is 5.67. The molecule has 116 valence electrons. The van der Waals surface area contributed by atoms with E-state index in [0.717, 1.165) is 23.4 Å². The molecule has 0 aromatic heterocycles. The molecule has 0 aliphatic carbocycles. The number of carboxylic acid groups (broad SMARTS) is 1. The lowest BCUT2D eigenvalue weighted by Crippen LogP contribution is -2.02. The van der Waals surface area contributed by atoms with E-state index in [4.69, 9.17) is 21.4 Å². The van der Waals surface area contributed by atoms with E-state index >= 15 is 0 Å². The fraction of sp³-hybridized carbons (Fsp3) is 0.235. The zero-order chi connectivity index (χ0) is 15.9. The Balaban J connectivity index is 2.01. The minimum absolute atomic E-state index is 0.0992. The number of nitrogens with one attached hydrogen (secondary N) is 1. The summed E-state index contributed by atoms with van der Waals surface area (Å²) in [5.41, 5.74) is 1.95. The third-order valence-electron chi connectivity index (χ3n) is 3.07. The minimum atomic E-state index is -1.03. The van der Waals surface area contributed by atoms with Crippen LogP contribution in [0, 0.1) is 0 Å². The lowest BCUT2D eigenvalue weighted by Gasteiger charge is -2.10. The summed E-state index contributed by atoms with van der Waals surface area (Å²) in [4.78, 5) is 10.9. The maximum atomic E-state index is 10.9. The van der Waals surface area contributed by atoms with Crippen LogP contribution in [0.2, 0.25) is 5.02 Å². The maximum Gasteiger partial charge on any atom is 0.337 e. The Hall–Kier alpha value is -2.20. The standard InChI is InChI=1S/C17H18ClNO3/c1-2-8-22-14-5-3-4-12(9-14)11-19-13-6-7-15(17(20)21)16(18)10-13/h3-7,9-10,19H,2,8,11H2,1H3,(H,20,21). The molecule has 0 unspecified atom stereocenters. The van der Waals surface area contributed by atoms with E-state index in [1.54, 1.807) is 12.1 Å². The molecule has 2 N–H and O–H groups in total. The van der Waals surface area contributed by atoms with Crippen LogP contribution in [0.4, 0.5) is 5.69 Å². The molecule has 5 heteroatoms. The van der Waals surface area contributed by atoms with Crippen LogP contribution in [-0.2, 0) is 6.54 Å². The van der Waals surface area contributed by atoms with E-state index in [1.807, 2.05) is 24.3 Å². The van der Waals surface area contributed by atoms with Crippen LogP contribution < -0.4 is 10.1 Å². The Morgan fingerprint density at radius 1 is 1.27 bits per heavy atom. The number of carboxylic acids is 1. The summed E-state index contributed by atoms with van der Waals surface area (Å²) in [6.45, 7) is 3.37. The maximum absolute atomic E-state index is 10.9. The van der Waals surface area contributed by atoms with Crippen molar-refractivity contribution < 1.29 is 14.6 Å². The Labute approximate surface area is 134 Å². The zero-order valence-corrected chi connectivity index (χ0v) is 13.1. The number of hydrogen-bond donors (Lipinski definition) is 2. The van der Waals surface area contributed by atoms with Crippen molar-refractivity contribution in [2.75, 3.05) is 11.9 Å². The summed E-state index contributed by atoms with van der Waals surface area (Å²) in [5, 5.41) is 12.4. The van der Waals surface area contributed by atoms with E-state index in [1.165, 1.54) is 6.07 Å². The molecule has 2 rings (SSSR count). The lowest BCUT2D eigenvalue weighted by atomic mass is 10.2. The SMILES string of the molecule is CCCOc1cccc(CNc2ccc(C(=O)O)c(Cl)c2)c1. The van der Waals surface area contributed by atoms with Crippen molar-refractivity contribution in [1.82, 2.24) is 0 Å². The van der Waals surface area contributed by atoms with Gasteiger partial charge in [0.2, 0.25) is 0 Å². The van der Waals surface area contributed by atoms with Crippen molar-refractivity contribution >= 4 is 23.3 Å². The molecule has 0 amide bonds. The number of carbonyl (C=O) groups is 1. The fourth-order valence-corrected chi connectivity index (χ4v) is 2.23. The van der Waals surface area contributed by atoms with Crippen molar-refractivity contribution in [2.45, 2.75) is 19.9 Å². The summed E-state index contributed by atoms with van der Waals surface area (Å²) in [5.74, 6) is -0.183. The van der Waals surface area contributed by atoms with Gasteiger partial charge in [0.25, 0.3) is 0 Å². The molecule has 0 fully saturated rings. The number of rotatable bonds is 7.